The van der Waals surface area contributed by atoms with E-state index in [0.29, 0.717) is 5.75 Å². The van der Waals surface area contributed by atoms with Gasteiger partial charge >= 0.3 is 5.97 Å². The average Bonchev–Trinajstić information content (AvgIpc) is 2.85. The molecule has 0 heterocycles. The second kappa shape index (κ2) is 16.0. The van der Waals surface area contributed by atoms with Gasteiger partial charge in [0.15, 0.2) is 0 Å². The van der Waals surface area contributed by atoms with Crippen molar-refractivity contribution < 1.29 is 14.3 Å². The molecular weight excluding hydrogens is 412 g/mol. The first-order valence-corrected chi connectivity index (χ1v) is 12.5. The number of ether oxygens (including phenoxy) is 2. The zero-order valence-corrected chi connectivity index (χ0v) is 20.6. The molecule has 0 radical (unpaired) electrons. The molecule has 0 fully saturated rings. The van der Waals surface area contributed by atoms with Crippen molar-refractivity contribution in [3.63, 3.8) is 0 Å². The first kappa shape index (κ1) is 26.6. The molecule has 2 rings (SSSR count). The number of rotatable bonds is 16. The van der Waals surface area contributed by atoms with Gasteiger partial charge in [-0.15, -0.1) is 0 Å². The Morgan fingerprint density at radius 3 is 1.91 bits per heavy atom. The average molecular weight is 453 g/mol. The number of carbonyl (C=O) groups is 1. The summed E-state index contributed by atoms with van der Waals surface area (Å²) < 4.78 is 10.6. The van der Waals surface area contributed by atoms with Gasteiger partial charge in [-0.1, -0.05) is 77.8 Å². The maximum absolute atomic E-state index is 11.6. The minimum atomic E-state index is -0.244. The summed E-state index contributed by atoms with van der Waals surface area (Å²) in [5.41, 5.74) is 2.93. The lowest BCUT2D eigenvalue weighted by atomic mass is 10.0. The van der Waals surface area contributed by atoms with E-state index in [4.69, 9.17) is 9.47 Å². The lowest BCUT2D eigenvalue weighted by molar-refractivity contribution is -0.154. The predicted octanol–water partition coefficient (Wildman–Crippen LogP) is 8.71. The van der Waals surface area contributed by atoms with Gasteiger partial charge in [0.25, 0.3) is 0 Å². The van der Waals surface area contributed by atoms with E-state index in [9.17, 15) is 4.79 Å². The molecule has 1 atom stereocenters. The number of azo groups is 1. The summed E-state index contributed by atoms with van der Waals surface area (Å²) in [6.07, 6.45) is 12.6. The van der Waals surface area contributed by atoms with Gasteiger partial charge < -0.3 is 9.47 Å². The van der Waals surface area contributed by atoms with Crippen molar-refractivity contribution in [3.05, 3.63) is 54.1 Å². The lowest BCUT2D eigenvalue weighted by Gasteiger charge is -2.10. The Balaban J connectivity index is 1.68. The molecular formula is C28H40N2O3. The van der Waals surface area contributed by atoms with Gasteiger partial charge in [-0.3, -0.25) is 4.79 Å². The van der Waals surface area contributed by atoms with Crippen LogP contribution in [0.25, 0.3) is 0 Å². The van der Waals surface area contributed by atoms with Crippen molar-refractivity contribution in [2.45, 2.75) is 85.0 Å². The number of carbonyl (C=O) groups excluding carboxylic acids is 1. The maximum atomic E-state index is 11.6. The molecule has 2 aromatic carbocycles. The summed E-state index contributed by atoms with van der Waals surface area (Å²) >= 11 is 0. The van der Waals surface area contributed by atoms with Crippen LogP contribution in [0.5, 0.6) is 5.75 Å². The van der Waals surface area contributed by atoms with Gasteiger partial charge in [-0.25, -0.2) is 0 Å². The third-order valence-corrected chi connectivity index (χ3v) is 5.81. The van der Waals surface area contributed by atoms with E-state index < -0.39 is 0 Å². The fourth-order valence-corrected chi connectivity index (χ4v) is 3.38. The van der Waals surface area contributed by atoms with E-state index in [-0.39, 0.29) is 18.7 Å². The van der Waals surface area contributed by atoms with E-state index in [0.717, 1.165) is 24.2 Å². The summed E-state index contributed by atoms with van der Waals surface area (Å²) in [5.74, 6) is 0.263. The summed E-state index contributed by atoms with van der Waals surface area (Å²) in [6.45, 7) is 5.97. The van der Waals surface area contributed by atoms with Crippen molar-refractivity contribution >= 4 is 17.3 Å². The van der Waals surface area contributed by atoms with Crippen LogP contribution in [-0.4, -0.2) is 12.8 Å². The summed E-state index contributed by atoms with van der Waals surface area (Å²) in [7, 11) is 0. The zero-order chi connectivity index (χ0) is 23.7. The normalized spacial score (nSPS) is 12.1. The number of nitrogens with zero attached hydrogens (tertiary/aromatic N) is 2. The molecule has 33 heavy (non-hydrogen) atoms. The highest BCUT2D eigenvalue weighted by Gasteiger charge is 2.11. The van der Waals surface area contributed by atoms with E-state index in [1.54, 1.807) is 12.1 Å². The molecule has 0 aliphatic rings. The number of hydrogen-bond acceptors (Lipinski definition) is 5. The highest BCUT2D eigenvalue weighted by Crippen LogP contribution is 2.22. The third-order valence-electron chi connectivity index (χ3n) is 5.81. The molecule has 0 N–H and O–H groups in total. The van der Waals surface area contributed by atoms with Gasteiger partial charge in [0, 0.05) is 0 Å². The Bertz CT molecular complexity index is 816. The fraction of sp³-hybridized carbons (Fsp3) is 0.536. The number of esters is 1. The molecule has 0 aliphatic carbocycles. The lowest BCUT2D eigenvalue weighted by Crippen LogP contribution is -2.17. The van der Waals surface area contributed by atoms with Crippen molar-refractivity contribution in [3.8, 4) is 5.75 Å². The van der Waals surface area contributed by atoms with Crippen LogP contribution in [0.2, 0.25) is 0 Å². The molecule has 180 valence electrons. The molecule has 0 amide bonds. The zero-order valence-electron chi connectivity index (χ0n) is 20.6. The Kier molecular flexibility index (Phi) is 12.9. The van der Waals surface area contributed by atoms with Crippen molar-refractivity contribution in [1.82, 2.24) is 0 Å². The van der Waals surface area contributed by atoms with E-state index in [1.807, 2.05) is 38.1 Å². The Morgan fingerprint density at radius 2 is 1.33 bits per heavy atom. The SMILES string of the molecule is CCCCCCCCCCc1ccc(/N=N\c2ccc(OCOC(=O)C(C)CC)cc2)cc1. The molecule has 0 saturated heterocycles. The van der Waals surface area contributed by atoms with Gasteiger partial charge in [0.05, 0.1) is 17.3 Å². The van der Waals surface area contributed by atoms with Crippen LogP contribution in [0.4, 0.5) is 11.4 Å². The smallest absolute Gasteiger partial charge is 0.311 e. The molecule has 0 saturated carbocycles. The highest BCUT2D eigenvalue weighted by molar-refractivity contribution is 5.71. The first-order chi connectivity index (χ1) is 16.1. The quantitative estimate of drug-likeness (QED) is 0.111. The topological polar surface area (TPSA) is 60.3 Å². The Labute approximate surface area is 199 Å². The second-order valence-corrected chi connectivity index (χ2v) is 8.62. The van der Waals surface area contributed by atoms with Crippen molar-refractivity contribution in [2.75, 3.05) is 6.79 Å². The standard InChI is InChI=1S/C28H40N2O3/c1-4-6-7-8-9-10-11-12-13-24-14-16-25(17-15-24)29-30-26-18-20-27(21-19-26)32-22-33-28(31)23(3)5-2/h14-21,23H,4-13,22H2,1-3H3/b30-29-. The summed E-state index contributed by atoms with van der Waals surface area (Å²) in [4.78, 5) is 11.6. The van der Waals surface area contributed by atoms with E-state index >= 15 is 0 Å². The van der Waals surface area contributed by atoms with Crippen molar-refractivity contribution in [2.24, 2.45) is 16.1 Å². The molecule has 2 aromatic rings. The van der Waals surface area contributed by atoms with Crippen LogP contribution in [0.15, 0.2) is 58.8 Å². The Morgan fingerprint density at radius 1 is 0.788 bits per heavy atom. The van der Waals surface area contributed by atoms with Crippen LogP contribution < -0.4 is 4.74 Å². The molecule has 0 bridgehead atoms. The van der Waals surface area contributed by atoms with Gasteiger partial charge in [-0.05, 0) is 61.2 Å². The molecule has 1 unspecified atom stereocenters. The highest BCUT2D eigenvalue weighted by atomic mass is 16.7. The van der Waals surface area contributed by atoms with Crippen LogP contribution in [0.3, 0.4) is 0 Å². The van der Waals surface area contributed by atoms with Crippen LogP contribution in [-0.2, 0) is 16.0 Å². The van der Waals surface area contributed by atoms with Crippen LogP contribution in [0, 0.1) is 5.92 Å². The largest absolute Gasteiger partial charge is 0.457 e. The minimum absolute atomic E-state index is 0.0880. The molecule has 0 aliphatic heterocycles. The van der Waals surface area contributed by atoms with Crippen LogP contribution in [0.1, 0.15) is 84.1 Å². The van der Waals surface area contributed by atoms with E-state index in [2.05, 4.69) is 29.3 Å². The third kappa shape index (κ3) is 11.1. The maximum Gasteiger partial charge on any atom is 0.311 e. The molecule has 0 aromatic heterocycles. The van der Waals surface area contributed by atoms with Crippen molar-refractivity contribution in [1.29, 1.82) is 0 Å². The second-order valence-electron chi connectivity index (χ2n) is 8.62. The van der Waals surface area contributed by atoms with Gasteiger partial charge in [0.2, 0.25) is 6.79 Å². The summed E-state index contributed by atoms with van der Waals surface area (Å²) in [5, 5.41) is 8.61. The number of benzene rings is 2. The first-order valence-electron chi connectivity index (χ1n) is 12.5. The predicted molar refractivity (Wildman–Crippen MR) is 134 cm³/mol. The number of aryl methyl sites for hydroxylation is 1. The fourth-order valence-electron chi connectivity index (χ4n) is 3.38. The van der Waals surface area contributed by atoms with Gasteiger partial charge in [-0.2, -0.15) is 10.2 Å². The molecule has 0 spiro atoms. The monoisotopic (exact) mass is 452 g/mol. The molecule has 5 nitrogen and oxygen atoms in total. The van der Waals surface area contributed by atoms with Gasteiger partial charge in [0.1, 0.15) is 5.75 Å². The summed E-state index contributed by atoms with van der Waals surface area (Å²) in [6, 6.07) is 15.6. The Hall–Kier alpha value is -2.69. The minimum Gasteiger partial charge on any atom is -0.457 e. The number of hydrogen-bond donors (Lipinski definition) is 0. The van der Waals surface area contributed by atoms with E-state index in [1.165, 1.54) is 56.9 Å². The van der Waals surface area contributed by atoms with Crippen LogP contribution >= 0.6 is 0 Å². The number of unbranched alkanes of at least 4 members (excludes halogenated alkanes) is 7. The molecule has 5 heteroatoms.